The third-order valence-electron chi connectivity index (χ3n) is 5.09. The molecule has 3 heterocycles. The predicted molar refractivity (Wildman–Crippen MR) is 123 cm³/mol. The summed E-state index contributed by atoms with van der Waals surface area (Å²) in [6.07, 6.45) is 0. The maximum Gasteiger partial charge on any atom is 0.269 e. The van der Waals surface area contributed by atoms with Gasteiger partial charge in [0.25, 0.3) is 5.91 Å². The van der Waals surface area contributed by atoms with Crippen molar-refractivity contribution in [2.75, 3.05) is 13.2 Å². The number of amides is 1. The number of ether oxygens (including phenoxy) is 1. The van der Waals surface area contributed by atoms with E-state index in [0.717, 1.165) is 16.8 Å². The minimum absolute atomic E-state index is 0.218. The topological polar surface area (TPSA) is 99.2 Å². The molecule has 0 aliphatic rings. The molecule has 0 bridgehead atoms. The van der Waals surface area contributed by atoms with Crippen molar-refractivity contribution in [1.29, 1.82) is 0 Å². The average Bonchev–Trinajstić information content (AvgIpc) is 3.46. The number of aromatic nitrogens is 6. The van der Waals surface area contributed by atoms with Gasteiger partial charge in [0.2, 0.25) is 5.88 Å². The van der Waals surface area contributed by atoms with E-state index in [9.17, 15) is 4.79 Å². The summed E-state index contributed by atoms with van der Waals surface area (Å²) >= 11 is 0. The summed E-state index contributed by atoms with van der Waals surface area (Å²) in [5.74, 6) is 0.833. The molecule has 164 valence electrons. The van der Waals surface area contributed by atoms with Crippen molar-refractivity contribution >= 4 is 11.6 Å². The molecular weight excluding hydrogens is 418 g/mol. The van der Waals surface area contributed by atoms with Crippen LogP contribution >= 0.6 is 0 Å². The smallest absolute Gasteiger partial charge is 0.269 e. The van der Waals surface area contributed by atoms with Gasteiger partial charge in [0.05, 0.1) is 12.2 Å². The van der Waals surface area contributed by atoms with Crippen LogP contribution in [0.4, 0.5) is 0 Å². The van der Waals surface area contributed by atoms with Crippen molar-refractivity contribution in [3.8, 4) is 28.5 Å². The van der Waals surface area contributed by atoms with Gasteiger partial charge in [-0.05, 0) is 12.1 Å². The number of nitrogens with one attached hydrogen (secondary N) is 1. The van der Waals surface area contributed by atoms with Gasteiger partial charge in [-0.2, -0.15) is 9.61 Å². The number of benzene rings is 2. The third-order valence-corrected chi connectivity index (χ3v) is 5.09. The number of carbonyl (C=O) groups is 1. The number of fused-ring (bicyclic) bond motifs is 1. The van der Waals surface area contributed by atoms with Crippen LogP contribution in [0.3, 0.4) is 0 Å². The average molecular weight is 439 g/mol. The molecule has 9 heteroatoms. The molecule has 0 saturated carbocycles. The quantitative estimate of drug-likeness (QED) is 0.392. The zero-order valence-electron chi connectivity index (χ0n) is 17.9. The number of aryl methyl sites for hydroxylation is 1. The molecule has 0 atom stereocenters. The van der Waals surface area contributed by atoms with E-state index in [1.165, 1.54) is 0 Å². The molecule has 33 heavy (non-hydrogen) atoms. The summed E-state index contributed by atoms with van der Waals surface area (Å²) in [7, 11) is 1.75. The summed E-state index contributed by atoms with van der Waals surface area (Å²) < 4.78 is 8.96. The molecule has 1 N–H and O–H groups in total. The number of hydrogen-bond donors (Lipinski definition) is 1. The molecule has 9 nitrogen and oxygen atoms in total. The van der Waals surface area contributed by atoms with Gasteiger partial charge >= 0.3 is 0 Å². The summed E-state index contributed by atoms with van der Waals surface area (Å²) in [5.41, 5.74) is 3.72. The van der Waals surface area contributed by atoms with Crippen LogP contribution in [0.15, 0.2) is 78.9 Å². The Balaban J connectivity index is 1.21. The lowest BCUT2D eigenvalue weighted by atomic mass is 10.1. The number of nitrogens with zero attached hydrogens (tertiary/aromatic N) is 6. The number of carbonyl (C=O) groups excluding carboxylic acids is 1. The molecule has 5 rings (SSSR count). The second kappa shape index (κ2) is 8.91. The van der Waals surface area contributed by atoms with Crippen LogP contribution in [0.1, 0.15) is 10.5 Å². The molecule has 0 unspecified atom stereocenters. The van der Waals surface area contributed by atoms with Crippen LogP contribution in [0.25, 0.3) is 28.3 Å². The van der Waals surface area contributed by atoms with E-state index in [2.05, 4.69) is 25.7 Å². The molecule has 2 aromatic carbocycles. The van der Waals surface area contributed by atoms with Crippen molar-refractivity contribution in [3.05, 3.63) is 84.6 Å². The van der Waals surface area contributed by atoms with Crippen molar-refractivity contribution in [2.24, 2.45) is 7.05 Å². The Hall–Kier alpha value is -4.53. The Kier molecular flexibility index (Phi) is 5.50. The van der Waals surface area contributed by atoms with E-state index >= 15 is 0 Å². The predicted octanol–water partition coefficient (Wildman–Crippen LogP) is 3.00. The van der Waals surface area contributed by atoms with E-state index in [0.29, 0.717) is 29.6 Å². The maximum absolute atomic E-state index is 12.6. The van der Waals surface area contributed by atoms with Crippen molar-refractivity contribution in [1.82, 2.24) is 34.9 Å². The summed E-state index contributed by atoms with van der Waals surface area (Å²) in [4.78, 5) is 12.6. The van der Waals surface area contributed by atoms with Crippen molar-refractivity contribution in [2.45, 2.75) is 0 Å². The molecule has 0 radical (unpaired) electrons. The SMILES string of the molecule is Cn1nc(-c2ccccc2)cc1C(=O)NCCOc1ccc2nnc(-c3ccccc3)n2n1. The van der Waals surface area contributed by atoms with Gasteiger partial charge in [-0.15, -0.1) is 15.3 Å². The van der Waals surface area contributed by atoms with Gasteiger partial charge in [0.1, 0.15) is 12.3 Å². The Morgan fingerprint density at radius 2 is 1.64 bits per heavy atom. The minimum atomic E-state index is -0.218. The van der Waals surface area contributed by atoms with Gasteiger partial charge < -0.3 is 10.1 Å². The fourth-order valence-electron chi connectivity index (χ4n) is 3.46. The van der Waals surface area contributed by atoms with Crippen LogP contribution < -0.4 is 10.1 Å². The molecule has 0 aliphatic heterocycles. The van der Waals surface area contributed by atoms with Gasteiger partial charge in [-0.3, -0.25) is 9.48 Å². The van der Waals surface area contributed by atoms with Gasteiger partial charge in [-0.25, -0.2) is 0 Å². The summed E-state index contributed by atoms with van der Waals surface area (Å²) in [6, 6.07) is 24.7. The maximum atomic E-state index is 12.6. The van der Waals surface area contributed by atoms with Crippen LogP contribution in [-0.4, -0.2) is 48.7 Å². The highest BCUT2D eigenvalue weighted by molar-refractivity contribution is 5.93. The standard InChI is InChI=1S/C24H21N7O2/c1-30-20(16-19(28-30)17-8-4-2-5-9-17)24(32)25-14-15-33-22-13-12-21-26-27-23(31(21)29-22)18-10-6-3-7-11-18/h2-13,16H,14-15H2,1H3,(H,25,32). The van der Waals surface area contributed by atoms with Crippen LogP contribution in [0.2, 0.25) is 0 Å². The van der Waals surface area contributed by atoms with E-state index in [1.54, 1.807) is 34.4 Å². The first-order valence-corrected chi connectivity index (χ1v) is 10.5. The Morgan fingerprint density at radius 1 is 0.909 bits per heavy atom. The lowest BCUT2D eigenvalue weighted by molar-refractivity contribution is 0.0937. The van der Waals surface area contributed by atoms with Crippen LogP contribution in [-0.2, 0) is 7.05 Å². The van der Waals surface area contributed by atoms with Crippen LogP contribution in [0.5, 0.6) is 5.88 Å². The lowest BCUT2D eigenvalue weighted by Gasteiger charge is -2.07. The van der Waals surface area contributed by atoms with Crippen molar-refractivity contribution in [3.63, 3.8) is 0 Å². The van der Waals surface area contributed by atoms with Gasteiger partial charge in [0, 0.05) is 24.2 Å². The molecule has 5 aromatic rings. The minimum Gasteiger partial charge on any atom is -0.475 e. The Morgan fingerprint density at radius 3 is 2.39 bits per heavy atom. The normalized spacial score (nSPS) is 10.9. The summed E-state index contributed by atoms with van der Waals surface area (Å²) in [5, 5.41) is 20.1. The first kappa shape index (κ1) is 20.4. The lowest BCUT2D eigenvalue weighted by Crippen LogP contribution is -2.29. The van der Waals surface area contributed by atoms with Gasteiger partial charge in [0.15, 0.2) is 11.5 Å². The molecule has 0 fully saturated rings. The molecule has 0 aliphatic carbocycles. The van der Waals surface area contributed by atoms with Gasteiger partial charge in [-0.1, -0.05) is 60.7 Å². The second-order valence-corrected chi connectivity index (χ2v) is 7.34. The molecular formula is C24H21N7O2. The zero-order chi connectivity index (χ0) is 22.6. The van der Waals surface area contributed by atoms with Crippen molar-refractivity contribution < 1.29 is 9.53 Å². The molecule has 1 amide bonds. The molecule has 3 aromatic heterocycles. The van der Waals surface area contributed by atoms with Crippen LogP contribution in [0, 0.1) is 0 Å². The largest absolute Gasteiger partial charge is 0.475 e. The molecule has 0 saturated heterocycles. The highest BCUT2D eigenvalue weighted by Crippen LogP contribution is 2.19. The Bertz CT molecular complexity index is 1390. The fraction of sp³-hybridized carbons (Fsp3) is 0.125. The Labute approximate surface area is 189 Å². The molecule has 0 spiro atoms. The van der Waals surface area contributed by atoms with E-state index in [1.807, 2.05) is 60.7 Å². The highest BCUT2D eigenvalue weighted by atomic mass is 16.5. The first-order chi connectivity index (χ1) is 16.2. The summed E-state index contributed by atoms with van der Waals surface area (Å²) in [6.45, 7) is 0.578. The third kappa shape index (κ3) is 4.29. The second-order valence-electron chi connectivity index (χ2n) is 7.34. The van der Waals surface area contributed by atoms with E-state index in [4.69, 9.17) is 4.74 Å². The van der Waals surface area contributed by atoms with E-state index < -0.39 is 0 Å². The van der Waals surface area contributed by atoms with E-state index in [-0.39, 0.29) is 12.5 Å². The fourth-order valence-corrected chi connectivity index (χ4v) is 3.46. The highest BCUT2D eigenvalue weighted by Gasteiger charge is 2.14. The monoisotopic (exact) mass is 439 g/mol. The number of hydrogen-bond acceptors (Lipinski definition) is 6. The number of rotatable bonds is 7. The first-order valence-electron chi connectivity index (χ1n) is 10.5. The zero-order valence-corrected chi connectivity index (χ0v) is 17.9.